The largest absolute Gasteiger partial charge is 0.493 e. The second-order valence-electron chi connectivity index (χ2n) is 7.04. The van der Waals surface area contributed by atoms with Crippen molar-refractivity contribution in [2.75, 3.05) is 25.5 Å². The lowest BCUT2D eigenvalue weighted by atomic mass is 10.2. The van der Waals surface area contributed by atoms with Gasteiger partial charge in [-0.2, -0.15) is 0 Å². The van der Waals surface area contributed by atoms with Gasteiger partial charge in [-0.05, 0) is 57.9 Å². The Morgan fingerprint density at radius 2 is 1.79 bits per heavy atom. The van der Waals surface area contributed by atoms with Crippen LogP contribution in [0, 0.1) is 10.1 Å². The van der Waals surface area contributed by atoms with Crippen LogP contribution in [0.3, 0.4) is 0 Å². The summed E-state index contributed by atoms with van der Waals surface area (Å²) in [4.78, 5) is 10.3. The van der Waals surface area contributed by atoms with Crippen LogP contribution in [0.15, 0.2) is 59.1 Å². The molecule has 3 aromatic rings. The third-order valence-electron chi connectivity index (χ3n) is 4.71. The number of non-ortho nitro benzene ring substituents is 1. The highest BCUT2D eigenvalue weighted by Gasteiger charge is 2.13. The van der Waals surface area contributed by atoms with Gasteiger partial charge in [0, 0.05) is 53.1 Å². The molecule has 3 aromatic carbocycles. The Morgan fingerprint density at radius 3 is 2.44 bits per heavy atom. The van der Waals surface area contributed by atoms with Crippen molar-refractivity contribution in [1.82, 2.24) is 5.32 Å². The standard InChI is InChI=1S/C23H22BrCl2N3O4.ClH/c1-32-22-11-15(13-27-8-9-28-18-4-6-19(7-5-18)29(30)31)10-20(24)23(22)33-14-16-2-3-17(25)12-21(16)26;/h2-7,10-12,27-28H,8-9,13-14H2,1H3;1H. The van der Waals surface area contributed by atoms with Gasteiger partial charge in [-0.15, -0.1) is 12.4 Å². The van der Waals surface area contributed by atoms with Gasteiger partial charge in [-0.25, -0.2) is 0 Å². The number of hydrogen-bond donors (Lipinski definition) is 2. The minimum atomic E-state index is -0.416. The van der Waals surface area contributed by atoms with E-state index in [0.717, 1.165) is 21.3 Å². The fourth-order valence-electron chi connectivity index (χ4n) is 3.03. The van der Waals surface area contributed by atoms with Gasteiger partial charge < -0.3 is 20.1 Å². The Morgan fingerprint density at radius 1 is 1.06 bits per heavy atom. The summed E-state index contributed by atoms with van der Waals surface area (Å²) in [6.07, 6.45) is 0. The Balaban J connectivity index is 0.00000408. The first-order valence-electron chi connectivity index (χ1n) is 9.99. The fourth-order valence-corrected chi connectivity index (χ4v) is 4.10. The SMILES string of the molecule is COc1cc(CNCCNc2ccc([N+](=O)[O-])cc2)cc(Br)c1OCc1ccc(Cl)cc1Cl.Cl. The number of ether oxygens (including phenoxy) is 2. The van der Waals surface area contributed by atoms with Crippen molar-refractivity contribution < 1.29 is 14.4 Å². The van der Waals surface area contributed by atoms with E-state index in [2.05, 4.69) is 26.6 Å². The normalized spacial score (nSPS) is 10.4. The molecule has 0 radical (unpaired) electrons. The van der Waals surface area contributed by atoms with Crippen molar-refractivity contribution in [3.8, 4) is 11.5 Å². The molecule has 0 unspecified atom stereocenters. The lowest BCUT2D eigenvalue weighted by molar-refractivity contribution is -0.384. The summed E-state index contributed by atoms with van der Waals surface area (Å²) in [6.45, 7) is 2.26. The number of nitrogens with one attached hydrogen (secondary N) is 2. The summed E-state index contributed by atoms with van der Waals surface area (Å²) in [6, 6.07) is 15.5. The number of nitrogens with zero attached hydrogens (tertiary/aromatic N) is 1. The highest BCUT2D eigenvalue weighted by molar-refractivity contribution is 9.10. The van der Waals surface area contributed by atoms with Crippen LogP contribution in [0.5, 0.6) is 11.5 Å². The number of benzene rings is 3. The van der Waals surface area contributed by atoms with Crippen LogP contribution in [0.25, 0.3) is 0 Å². The van der Waals surface area contributed by atoms with Gasteiger partial charge in [0.1, 0.15) is 6.61 Å². The van der Waals surface area contributed by atoms with E-state index >= 15 is 0 Å². The molecule has 182 valence electrons. The number of nitro benzene ring substituents is 1. The molecule has 0 saturated heterocycles. The van der Waals surface area contributed by atoms with Gasteiger partial charge in [-0.3, -0.25) is 10.1 Å². The zero-order valence-electron chi connectivity index (χ0n) is 18.1. The molecule has 0 fully saturated rings. The summed E-state index contributed by atoms with van der Waals surface area (Å²) in [7, 11) is 1.59. The van der Waals surface area contributed by atoms with E-state index in [1.165, 1.54) is 12.1 Å². The third kappa shape index (κ3) is 7.92. The van der Waals surface area contributed by atoms with Crippen molar-refractivity contribution in [2.24, 2.45) is 0 Å². The summed E-state index contributed by atoms with van der Waals surface area (Å²) in [5, 5.41) is 18.4. The number of anilines is 1. The van der Waals surface area contributed by atoms with Crippen molar-refractivity contribution in [1.29, 1.82) is 0 Å². The summed E-state index contributed by atoms with van der Waals surface area (Å²) < 4.78 is 12.3. The van der Waals surface area contributed by atoms with Crippen LogP contribution in [-0.4, -0.2) is 25.1 Å². The molecule has 0 spiro atoms. The highest BCUT2D eigenvalue weighted by atomic mass is 79.9. The molecule has 7 nitrogen and oxygen atoms in total. The molecule has 0 aliphatic carbocycles. The van der Waals surface area contributed by atoms with Crippen molar-refractivity contribution in [3.63, 3.8) is 0 Å². The molecular weight excluding hydrogens is 569 g/mol. The molecule has 34 heavy (non-hydrogen) atoms. The molecule has 0 aliphatic rings. The summed E-state index contributed by atoms with van der Waals surface area (Å²) in [5.74, 6) is 1.20. The predicted octanol–water partition coefficient (Wildman–Crippen LogP) is 6.88. The molecular formula is C23H23BrCl3N3O4. The van der Waals surface area contributed by atoms with Crippen LogP contribution >= 0.6 is 51.5 Å². The van der Waals surface area contributed by atoms with Crippen LogP contribution in [-0.2, 0) is 13.2 Å². The molecule has 0 aliphatic heterocycles. The first-order chi connectivity index (χ1) is 15.9. The second kappa shape index (κ2) is 13.6. The van der Waals surface area contributed by atoms with E-state index < -0.39 is 4.92 Å². The molecule has 0 amide bonds. The number of methoxy groups -OCH3 is 1. The average molecular weight is 592 g/mol. The van der Waals surface area contributed by atoms with Gasteiger partial charge in [0.2, 0.25) is 0 Å². The van der Waals surface area contributed by atoms with E-state index in [1.807, 2.05) is 18.2 Å². The van der Waals surface area contributed by atoms with Gasteiger partial charge in [0.15, 0.2) is 11.5 Å². The fraction of sp³-hybridized carbons (Fsp3) is 0.217. The van der Waals surface area contributed by atoms with Gasteiger partial charge in [0.05, 0.1) is 16.5 Å². The summed E-state index contributed by atoms with van der Waals surface area (Å²) in [5.41, 5.74) is 2.74. The maximum atomic E-state index is 10.7. The topological polar surface area (TPSA) is 85.7 Å². The zero-order valence-corrected chi connectivity index (χ0v) is 22.1. The maximum absolute atomic E-state index is 10.7. The van der Waals surface area contributed by atoms with Crippen LogP contribution < -0.4 is 20.1 Å². The van der Waals surface area contributed by atoms with E-state index in [4.69, 9.17) is 32.7 Å². The highest BCUT2D eigenvalue weighted by Crippen LogP contribution is 2.37. The third-order valence-corrected chi connectivity index (χ3v) is 5.89. The van der Waals surface area contributed by atoms with Crippen molar-refractivity contribution in [2.45, 2.75) is 13.2 Å². The second-order valence-corrected chi connectivity index (χ2v) is 8.74. The molecule has 2 N–H and O–H groups in total. The molecule has 0 bridgehead atoms. The van der Waals surface area contributed by atoms with Crippen molar-refractivity contribution in [3.05, 3.63) is 90.4 Å². The predicted molar refractivity (Wildman–Crippen MR) is 142 cm³/mol. The van der Waals surface area contributed by atoms with Gasteiger partial charge in [-0.1, -0.05) is 29.3 Å². The summed E-state index contributed by atoms with van der Waals surface area (Å²) >= 11 is 15.7. The lowest BCUT2D eigenvalue weighted by Gasteiger charge is -2.15. The lowest BCUT2D eigenvalue weighted by Crippen LogP contribution is -2.21. The Bertz CT molecular complexity index is 1120. The quantitative estimate of drug-likeness (QED) is 0.144. The Hall–Kier alpha value is -2.23. The van der Waals surface area contributed by atoms with E-state index in [-0.39, 0.29) is 24.7 Å². The van der Waals surface area contributed by atoms with E-state index in [9.17, 15) is 10.1 Å². The molecule has 0 aromatic heterocycles. The minimum absolute atomic E-state index is 0. The molecule has 0 saturated carbocycles. The Labute approximate surface area is 222 Å². The average Bonchev–Trinajstić information content (AvgIpc) is 2.79. The monoisotopic (exact) mass is 589 g/mol. The number of halogens is 4. The molecule has 0 atom stereocenters. The van der Waals surface area contributed by atoms with Crippen LogP contribution in [0.4, 0.5) is 11.4 Å². The number of rotatable bonds is 11. The number of hydrogen-bond acceptors (Lipinski definition) is 6. The first kappa shape index (κ1) is 28.0. The molecule has 0 heterocycles. The van der Waals surface area contributed by atoms with Crippen LogP contribution in [0.1, 0.15) is 11.1 Å². The molecule has 3 rings (SSSR count). The van der Waals surface area contributed by atoms with Crippen LogP contribution in [0.2, 0.25) is 10.0 Å². The van der Waals surface area contributed by atoms with Gasteiger partial charge >= 0.3 is 0 Å². The number of nitro groups is 1. The van der Waals surface area contributed by atoms with E-state index in [1.54, 1.807) is 31.4 Å². The zero-order chi connectivity index (χ0) is 23.8. The van der Waals surface area contributed by atoms with E-state index in [0.29, 0.717) is 41.2 Å². The first-order valence-corrected chi connectivity index (χ1v) is 11.5. The smallest absolute Gasteiger partial charge is 0.269 e. The van der Waals surface area contributed by atoms with Crippen molar-refractivity contribution >= 4 is 62.9 Å². The molecule has 11 heteroatoms. The van der Waals surface area contributed by atoms with Gasteiger partial charge in [0.25, 0.3) is 5.69 Å². The maximum Gasteiger partial charge on any atom is 0.269 e. The Kier molecular flexibility index (Phi) is 11.2. The minimum Gasteiger partial charge on any atom is -0.493 e.